The third-order valence-corrected chi connectivity index (χ3v) is 4.18. The number of aryl methyl sites for hydroxylation is 1. The van der Waals surface area contributed by atoms with Crippen LogP contribution in [0, 0.1) is 6.92 Å². The third kappa shape index (κ3) is 3.75. The van der Waals surface area contributed by atoms with Gasteiger partial charge in [0.2, 0.25) is 11.2 Å². The molecule has 0 amide bonds. The highest BCUT2D eigenvalue weighted by Crippen LogP contribution is 2.34. The van der Waals surface area contributed by atoms with Crippen molar-refractivity contribution in [1.29, 1.82) is 0 Å². The van der Waals surface area contributed by atoms with Crippen LogP contribution in [0.3, 0.4) is 0 Å². The molecular formula is C12H14ClN4OP. The first-order chi connectivity index (χ1) is 8.84. The molecule has 100 valence electrons. The monoisotopic (exact) mass is 296 g/mol. The van der Waals surface area contributed by atoms with Gasteiger partial charge < -0.3 is 9.88 Å². The summed E-state index contributed by atoms with van der Waals surface area (Å²) in [6.45, 7) is 5.22. The molecular weight excluding hydrogens is 283 g/mol. The molecule has 0 aliphatic carbocycles. The zero-order valence-corrected chi connectivity index (χ0v) is 12.5. The Balaban J connectivity index is 2.22. The number of hydrogen-bond donors (Lipinski definition) is 1. The summed E-state index contributed by atoms with van der Waals surface area (Å²) >= 11 is 5.76. The van der Waals surface area contributed by atoms with Gasteiger partial charge in [-0.2, -0.15) is 9.97 Å². The van der Waals surface area contributed by atoms with Crippen molar-refractivity contribution >= 4 is 35.7 Å². The summed E-state index contributed by atoms with van der Waals surface area (Å²) in [7, 11) is -2.23. The summed E-state index contributed by atoms with van der Waals surface area (Å²) in [4.78, 5) is 12.0. The molecule has 0 spiro atoms. The lowest BCUT2D eigenvalue weighted by atomic mass is 10.3. The maximum absolute atomic E-state index is 11.9. The first-order valence-corrected chi connectivity index (χ1v) is 8.63. The summed E-state index contributed by atoms with van der Waals surface area (Å²) < 4.78 is 11.9. The molecule has 1 aromatic carbocycles. The van der Waals surface area contributed by atoms with Crippen LogP contribution in [-0.2, 0) is 4.57 Å². The second-order valence-electron chi connectivity index (χ2n) is 4.50. The normalized spacial score (nSPS) is 11.4. The van der Waals surface area contributed by atoms with E-state index in [1.54, 1.807) is 20.3 Å². The van der Waals surface area contributed by atoms with E-state index in [2.05, 4.69) is 20.3 Å². The van der Waals surface area contributed by atoms with Crippen LogP contribution in [-0.4, -0.2) is 28.3 Å². The van der Waals surface area contributed by atoms with Gasteiger partial charge in [0.15, 0.2) is 0 Å². The average Bonchev–Trinajstić information content (AvgIpc) is 2.26. The zero-order valence-electron chi connectivity index (χ0n) is 10.9. The van der Waals surface area contributed by atoms with E-state index in [1.807, 2.05) is 24.3 Å². The molecule has 0 fully saturated rings. The van der Waals surface area contributed by atoms with E-state index in [4.69, 9.17) is 11.6 Å². The van der Waals surface area contributed by atoms with E-state index in [1.165, 1.54) is 0 Å². The van der Waals surface area contributed by atoms with Crippen molar-refractivity contribution < 1.29 is 4.57 Å². The molecule has 0 unspecified atom stereocenters. The fourth-order valence-electron chi connectivity index (χ4n) is 1.54. The van der Waals surface area contributed by atoms with Gasteiger partial charge in [0.25, 0.3) is 0 Å². The number of halogens is 1. The summed E-state index contributed by atoms with van der Waals surface area (Å²) in [6, 6.07) is 7.33. The molecule has 0 aliphatic heterocycles. The zero-order chi connectivity index (χ0) is 14.0. The smallest absolute Gasteiger partial charge is 0.231 e. The maximum atomic E-state index is 11.9. The van der Waals surface area contributed by atoms with Crippen LogP contribution in [0.4, 0.5) is 11.6 Å². The lowest BCUT2D eigenvalue weighted by Gasteiger charge is -2.09. The highest BCUT2D eigenvalue weighted by molar-refractivity contribution is 7.70. The Morgan fingerprint density at radius 2 is 1.74 bits per heavy atom. The number of nitrogens with zero attached hydrogens (tertiary/aromatic N) is 3. The Morgan fingerprint density at radius 1 is 1.11 bits per heavy atom. The minimum absolute atomic E-state index is 0.151. The molecule has 0 radical (unpaired) electrons. The summed E-state index contributed by atoms with van der Waals surface area (Å²) in [5.41, 5.74) is 0.805. The fraction of sp³-hybridized carbons (Fsp3) is 0.250. The Hall–Kier alpha value is -1.45. The Bertz CT molecular complexity index is 618. The van der Waals surface area contributed by atoms with Crippen molar-refractivity contribution in [2.24, 2.45) is 0 Å². The van der Waals surface area contributed by atoms with E-state index in [-0.39, 0.29) is 5.28 Å². The van der Waals surface area contributed by atoms with Crippen molar-refractivity contribution in [3.63, 3.8) is 0 Å². The average molecular weight is 297 g/mol. The minimum atomic E-state index is -2.23. The third-order valence-electron chi connectivity index (χ3n) is 2.47. The van der Waals surface area contributed by atoms with Crippen LogP contribution in [0.1, 0.15) is 5.82 Å². The van der Waals surface area contributed by atoms with Crippen LogP contribution in [0.15, 0.2) is 24.3 Å². The molecule has 2 aromatic rings. The van der Waals surface area contributed by atoms with Gasteiger partial charge in [-0.25, -0.2) is 4.98 Å². The Labute approximate surface area is 116 Å². The second kappa shape index (κ2) is 5.27. The molecule has 0 bridgehead atoms. The predicted molar refractivity (Wildman–Crippen MR) is 78.4 cm³/mol. The van der Waals surface area contributed by atoms with E-state index in [0.29, 0.717) is 11.8 Å². The van der Waals surface area contributed by atoms with Crippen LogP contribution in [0.2, 0.25) is 5.28 Å². The van der Waals surface area contributed by atoms with Gasteiger partial charge in [-0.1, -0.05) is 0 Å². The number of hydrogen-bond acceptors (Lipinski definition) is 5. The number of aromatic nitrogens is 3. The molecule has 19 heavy (non-hydrogen) atoms. The van der Waals surface area contributed by atoms with E-state index in [9.17, 15) is 4.57 Å². The van der Waals surface area contributed by atoms with Crippen molar-refractivity contribution in [2.45, 2.75) is 6.92 Å². The lowest BCUT2D eigenvalue weighted by molar-refractivity contribution is 0.588. The summed E-state index contributed by atoms with van der Waals surface area (Å²) in [5, 5.41) is 4.02. The van der Waals surface area contributed by atoms with Crippen LogP contribution in [0.25, 0.3) is 0 Å². The quantitative estimate of drug-likeness (QED) is 0.882. The van der Waals surface area contributed by atoms with Crippen molar-refractivity contribution in [3.05, 3.63) is 35.4 Å². The Morgan fingerprint density at radius 3 is 2.26 bits per heavy atom. The number of nitrogens with one attached hydrogen (secondary N) is 1. The number of anilines is 2. The molecule has 0 aliphatic rings. The van der Waals surface area contributed by atoms with Crippen LogP contribution >= 0.6 is 18.7 Å². The molecule has 0 atom stereocenters. The van der Waals surface area contributed by atoms with Gasteiger partial charge in [0.05, 0.1) is 0 Å². The van der Waals surface area contributed by atoms with Crippen molar-refractivity contribution in [1.82, 2.24) is 15.0 Å². The van der Waals surface area contributed by atoms with Crippen molar-refractivity contribution in [3.8, 4) is 0 Å². The number of rotatable bonds is 3. The van der Waals surface area contributed by atoms with Gasteiger partial charge in [-0.05, 0) is 56.1 Å². The maximum Gasteiger partial charge on any atom is 0.231 e. The number of benzene rings is 1. The van der Waals surface area contributed by atoms with E-state index in [0.717, 1.165) is 11.0 Å². The first-order valence-electron chi connectivity index (χ1n) is 5.65. The fourth-order valence-corrected chi connectivity index (χ4v) is 2.61. The van der Waals surface area contributed by atoms with Gasteiger partial charge in [0, 0.05) is 11.0 Å². The predicted octanol–water partition coefficient (Wildman–Crippen LogP) is 2.83. The SMILES string of the molecule is Cc1nc(Cl)nc(Nc2ccc(P(C)(C)=O)cc2)n1. The molecule has 0 saturated carbocycles. The summed E-state index contributed by atoms with van der Waals surface area (Å²) in [6.07, 6.45) is 0. The molecule has 0 saturated heterocycles. The van der Waals surface area contributed by atoms with Gasteiger partial charge >= 0.3 is 0 Å². The van der Waals surface area contributed by atoms with Crippen LogP contribution < -0.4 is 10.6 Å². The van der Waals surface area contributed by atoms with Gasteiger partial charge in [-0.15, -0.1) is 0 Å². The molecule has 2 rings (SSSR count). The minimum Gasteiger partial charge on any atom is -0.324 e. The van der Waals surface area contributed by atoms with Crippen LogP contribution in [0.5, 0.6) is 0 Å². The standard InChI is InChI=1S/C12H14ClN4OP/c1-8-14-11(13)17-12(15-8)16-9-4-6-10(7-5-9)19(2,3)18/h4-7H,1-3H3,(H,14,15,16,17). The van der Waals surface area contributed by atoms with Gasteiger partial charge in [0.1, 0.15) is 13.0 Å². The molecule has 1 heterocycles. The largest absolute Gasteiger partial charge is 0.324 e. The highest BCUT2D eigenvalue weighted by Gasteiger charge is 2.10. The second-order valence-corrected chi connectivity index (χ2v) is 8.05. The first kappa shape index (κ1) is 14.0. The van der Waals surface area contributed by atoms with E-state index >= 15 is 0 Å². The Kier molecular flexibility index (Phi) is 3.88. The molecule has 1 aromatic heterocycles. The lowest BCUT2D eigenvalue weighted by Crippen LogP contribution is -2.04. The molecule has 5 nitrogen and oxygen atoms in total. The van der Waals surface area contributed by atoms with Crippen molar-refractivity contribution in [2.75, 3.05) is 18.6 Å². The molecule has 1 N–H and O–H groups in total. The highest BCUT2D eigenvalue weighted by atomic mass is 35.5. The summed E-state index contributed by atoms with van der Waals surface area (Å²) in [5.74, 6) is 0.937. The van der Waals surface area contributed by atoms with Gasteiger partial charge in [-0.3, -0.25) is 0 Å². The molecule has 7 heteroatoms. The van der Waals surface area contributed by atoms with E-state index < -0.39 is 7.14 Å². The topological polar surface area (TPSA) is 67.8 Å².